The minimum absolute atomic E-state index is 0. The Morgan fingerprint density at radius 3 is 1.83 bits per heavy atom. The first-order chi connectivity index (χ1) is 19.9. The molecule has 0 saturated heterocycles. The Morgan fingerprint density at radius 1 is 0.762 bits per heavy atom. The molecule has 0 saturated carbocycles. The SMILES string of the molecule is CCOC(=O)N(CCCCNCCCn1c(=O)[nH]c2ccccc2c1=O)CCCn1c(=O)[nH]c2ccccc2c1=O.Cl. The summed E-state index contributed by atoms with van der Waals surface area (Å²) < 4.78 is 7.57. The summed E-state index contributed by atoms with van der Waals surface area (Å²) >= 11 is 0. The van der Waals surface area contributed by atoms with Crippen LogP contribution in [0.15, 0.2) is 67.7 Å². The molecule has 0 atom stereocenters. The predicted octanol–water partition coefficient (Wildman–Crippen LogP) is 2.42. The number of carbonyl (C=O) groups is 1. The summed E-state index contributed by atoms with van der Waals surface area (Å²) in [6.45, 7) is 4.66. The van der Waals surface area contributed by atoms with E-state index in [4.69, 9.17) is 4.74 Å². The smallest absolute Gasteiger partial charge is 0.409 e. The molecule has 2 heterocycles. The van der Waals surface area contributed by atoms with E-state index in [2.05, 4.69) is 15.3 Å². The largest absolute Gasteiger partial charge is 0.450 e. The number of halogens is 1. The van der Waals surface area contributed by atoms with Crippen molar-refractivity contribution < 1.29 is 9.53 Å². The number of aromatic nitrogens is 4. The van der Waals surface area contributed by atoms with Gasteiger partial charge in [-0.25, -0.2) is 14.4 Å². The quantitative estimate of drug-likeness (QED) is 0.188. The summed E-state index contributed by atoms with van der Waals surface area (Å²) in [4.78, 5) is 69.6. The number of fused-ring (bicyclic) bond motifs is 2. The minimum atomic E-state index is -0.474. The zero-order chi connectivity index (χ0) is 29.2. The summed E-state index contributed by atoms with van der Waals surface area (Å²) in [7, 11) is 0. The number of amides is 1. The highest BCUT2D eigenvalue weighted by Crippen LogP contribution is 2.05. The number of aromatic amines is 2. The second-order valence-corrected chi connectivity index (χ2v) is 9.72. The van der Waals surface area contributed by atoms with Crippen LogP contribution in [-0.4, -0.2) is 62.9 Å². The van der Waals surface area contributed by atoms with Crippen LogP contribution in [0.25, 0.3) is 21.8 Å². The minimum Gasteiger partial charge on any atom is -0.450 e. The van der Waals surface area contributed by atoms with Crippen molar-refractivity contribution in [1.29, 1.82) is 0 Å². The number of nitrogens with zero attached hydrogens (tertiary/aromatic N) is 3. The molecule has 0 radical (unpaired) electrons. The number of benzene rings is 2. The molecular weight excluding hydrogens is 564 g/mol. The number of nitrogens with one attached hydrogen (secondary N) is 3. The molecular formula is C29H37ClN6O6. The first-order valence-electron chi connectivity index (χ1n) is 14.0. The average molecular weight is 601 g/mol. The number of para-hydroxylation sites is 2. The topological polar surface area (TPSA) is 151 Å². The number of H-pyrrole nitrogens is 2. The molecule has 0 fully saturated rings. The van der Waals surface area contributed by atoms with Gasteiger partial charge in [0.25, 0.3) is 11.1 Å². The molecule has 12 nitrogen and oxygen atoms in total. The van der Waals surface area contributed by atoms with E-state index in [-0.39, 0.29) is 36.7 Å². The number of unbranched alkanes of at least 4 members (excludes halogenated alkanes) is 1. The molecule has 0 aliphatic carbocycles. The highest BCUT2D eigenvalue weighted by Gasteiger charge is 2.15. The standard InChI is InChI=1S/C29H36N6O6.ClH/c1-2-41-29(40)33(18-10-20-35-26(37)22-12-4-6-14-24(22)32-28(35)39)17-8-7-15-30-16-9-19-34-25(36)21-11-3-5-13-23(21)31-27(34)38;/h3-6,11-14,30H,2,7-10,15-20H2,1H3,(H,31,38)(H,32,39);1H. The molecule has 0 unspecified atom stereocenters. The monoisotopic (exact) mass is 600 g/mol. The van der Waals surface area contributed by atoms with Crippen molar-refractivity contribution in [3.8, 4) is 0 Å². The van der Waals surface area contributed by atoms with Crippen LogP contribution in [0.5, 0.6) is 0 Å². The van der Waals surface area contributed by atoms with E-state index in [1.54, 1.807) is 60.4 Å². The van der Waals surface area contributed by atoms with Gasteiger partial charge in [-0.3, -0.25) is 18.7 Å². The van der Waals surface area contributed by atoms with Gasteiger partial charge in [0.05, 0.1) is 28.4 Å². The van der Waals surface area contributed by atoms with Crippen molar-refractivity contribution >= 4 is 40.3 Å². The first kappa shape index (κ1) is 32.4. The second kappa shape index (κ2) is 15.7. The molecule has 0 aliphatic heterocycles. The van der Waals surface area contributed by atoms with Crippen molar-refractivity contribution in [2.45, 2.75) is 45.7 Å². The third kappa shape index (κ3) is 7.98. The Bertz CT molecular complexity index is 1730. The lowest BCUT2D eigenvalue weighted by Gasteiger charge is -2.22. The Morgan fingerprint density at radius 2 is 1.26 bits per heavy atom. The van der Waals surface area contributed by atoms with Crippen LogP contribution in [0.2, 0.25) is 0 Å². The summed E-state index contributed by atoms with van der Waals surface area (Å²) in [6.07, 6.45) is 2.14. The maximum Gasteiger partial charge on any atom is 0.409 e. The zero-order valence-electron chi connectivity index (χ0n) is 23.6. The fraction of sp³-hybridized carbons (Fsp3) is 0.414. The van der Waals surface area contributed by atoms with Crippen molar-refractivity contribution in [1.82, 2.24) is 29.3 Å². The number of ether oxygens (including phenoxy) is 1. The van der Waals surface area contributed by atoms with Crippen molar-refractivity contribution in [3.05, 3.63) is 90.2 Å². The number of hydrogen-bond acceptors (Lipinski definition) is 7. The van der Waals surface area contributed by atoms with Gasteiger partial charge in [0.15, 0.2) is 0 Å². The highest BCUT2D eigenvalue weighted by atomic mass is 35.5. The molecule has 226 valence electrons. The molecule has 4 rings (SSSR count). The molecule has 0 aliphatic rings. The molecule has 1 amide bonds. The van der Waals surface area contributed by atoms with E-state index in [0.29, 0.717) is 67.4 Å². The van der Waals surface area contributed by atoms with E-state index >= 15 is 0 Å². The number of hydrogen-bond donors (Lipinski definition) is 3. The molecule has 2 aromatic heterocycles. The molecule has 13 heteroatoms. The van der Waals surface area contributed by atoms with Crippen molar-refractivity contribution in [2.75, 3.05) is 32.8 Å². The third-order valence-electron chi connectivity index (χ3n) is 6.88. The van der Waals surface area contributed by atoms with Crippen LogP contribution in [0.4, 0.5) is 4.79 Å². The zero-order valence-corrected chi connectivity index (χ0v) is 24.4. The second-order valence-electron chi connectivity index (χ2n) is 9.72. The summed E-state index contributed by atoms with van der Waals surface area (Å²) in [5, 5.41) is 4.24. The van der Waals surface area contributed by atoms with Gasteiger partial charge in [0.1, 0.15) is 0 Å². The van der Waals surface area contributed by atoms with Gasteiger partial charge in [-0.2, -0.15) is 0 Å². The lowest BCUT2D eigenvalue weighted by Crippen LogP contribution is -2.38. The normalized spacial score (nSPS) is 11.0. The van der Waals surface area contributed by atoms with Gasteiger partial charge < -0.3 is 24.9 Å². The Labute approximate surface area is 247 Å². The molecule has 3 N–H and O–H groups in total. The predicted molar refractivity (Wildman–Crippen MR) is 165 cm³/mol. The van der Waals surface area contributed by atoms with Crippen LogP contribution in [0, 0.1) is 0 Å². The molecule has 42 heavy (non-hydrogen) atoms. The lowest BCUT2D eigenvalue weighted by atomic mass is 10.2. The Kier molecular flexibility index (Phi) is 12.1. The molecule has 0 spiro atoms. The van der Waals surface area contributed by atoms with Crippen LogP contribution in [-0.2, 0) is 17.8 Å². The van der Waals surface area contributed by atoms with Gasteiger partial charge in [-0.15, -0.1) is 12.4 Å². The average Bonchev–Trinajstić information content (AvgIpc) is 2.96. The van der Waals surface area contributed by atoms with Gasteiger partial charge in [-0.1, -0.05) is 24.3 Å². The maximum atomic E-state index is 12.7. The van der Waals surface area contributed by atoms with Gasteiger partial charge >= 0.3 is 17.5 Å². The third-order valence-corrected chi connectivity index (χ3v) is 6.88. The first-order valence-corrected chi connectivity index (χ1v) is 14.0. The summed E-state index contributed by atoms with van der Waals surface area (Å²) in [5.74, 6) is 0. The molecule has 4 aromatic rings. The van der Waals surface area contributed by atoms with Crippen molar-refractivity contribution in [2.24, 2.45) is 0 Å². The van der Waals surface area contributed by atoms with E-state index in [0.717, 1.165) is 17.4 Å². The number of rotatable bonds is 14. The van der Waals surface area contributed by atoms with Crippen LogP contribution < -0.4 is 27.8 Å². The highest BCUT2D eigenvalue weighted by molar-refractivity contribution is 5.85. The van der Waals surface area contributed by atoms with E-state index in [9.17, 15) is 24.0 Å². The summed E-state index contributed by atoms with van der Waals surface area (Å²) in [6, 6.07) is 13.8. The van der Waals surface area contributed by atoms with Crippen molar-refractivity contribution in [3.63, 3.8) is 0 Å². The van der Waals surface area contributed by atoms with Gasteiger partial charge in [0, 0.05) is 26.2 Å². The Balaban J connectivity index is 0.00000484. The van der Waals surface area contributed by atoms with Crippen LogP contribution in [0.1, 0.15) is 32.6 Å². The fourth-order valence-electron chi connectivity index (χ4n) is 4.77. The van der Waals surface area contributed by atoms with E-state index in [1.807, 2.05) is 0 Å². The van der Waals surface area contributed by atoms with Gasteiger partial charge in [0.2, 0.25) is 0 Å². The van der Waals surface area contributed by atoms with Gasteiger partial charge in [-0.05, 0) is 70.0 Å². The Hall–Kier alpha value is -4.16. The maximum absolute atomic E-state index is 12.7. The molecule has 2 aromatic carbocycles. The van der Waals surface area contributed by atoms with Crippen LogP contribution >= 0.6 is 12.4 Å². The lowest BCUT2D eigenvalue weighted by molar-refractivity contribution is 0.105. The fourth-order valence-corrected chi connectivity index (χ4v) is 4.77. The van der Waals surface area contributed by atoms with Crippen LogP contribution in [0.3, 0.4) is 0 Å². The van der Waals surface area contributed by atoms with E-state index in [1.165, 1.54) is 4.57 Å². The van der Waals surface area contributed by atoms with E-state index < -0.39 is 17.5 Å². The molecule has 0 bridgehead atoms. The summed E-state index contributed by atoms with van der Waals surface area (Å²) in [5.41, 5.74) is -0.506. The number of carbonyl (C=O) groups excluding carboxylic acids is 1.